The maximum Gasteiger partial charge on any atom is 0.170 e. The molecule has 2 aliphatic rings. The Hall–Kier alpha value is -2.89. The van der Waals surface area contributed by atoms with Crippen LogP contribution in [0.3, 0.4) is 0 Å². The van der Waals surface area contributed by atoms with Gasteiger partial charge < -0.3 is 9.64 Å². The molecule has 6 heteroatoms. The van der Waals surface area contributed by atoms with Gasteiger partial charge in [-0.05, 0) is 18.6 Å². The molecule has 1 fully saturated rings. The third kappa shape index (κ3) is 2.29. The Morgan fingerprint density at radius 2 is 2.15 bits per heavy atom. The Kier molecular flexibility index (Phi) is 3.29. The minimum absolute atomic E-state index is 0.168. The van der Waals surface area contributed by atoms with Crippen LogP contribution in [0.1, 0.15) is 35.8 Å². The lowest BCUT2D eigenvalue weighted by atomic mass is 9.89. The molecule has 0 amide bonds. The molecule has 2 aliphatic heterocycles. The van der Waals surface area contributed by atoms with E-state index in [-0.39, 0.29) is 5.78 Å². The minimum atomic E-state index is -0.458. The van der Waals surface area contributed by atoms with E-state index in [4.69, 9.17) is 4.74 Å². The number of Topliss-reactive ketones (excluding diaryl/α,β-unsaturated/α-hetero) is 1. The van der Waals surface area contributed by atoms with E-state index in [2.05, 4.69) is 28.0 Å². The number of para-hydroxylation sites is 1. The number of fused-ring (bicyclic) bond motifs is 2. The van der Waals surface area contributed by atoms with Gasteiger partial charge in [0.2, 0.25) is 0 Å². The maximum absolute atomic E-state index is 12.6. The highest BCUT2D eigenvalue weighted by Gasteiger charge is 2.46. The van der Waals surface area contributed by atoms with E-state index in [0.717, 1.165) is 36.5 Å². The van der Waals surface area contributed by atoms with Gasteiger partial charge in [0, 0.05) is 30.8 Å². The molecule has 1 spiro atoms. The molecule has 0 radical (unpaired) electrons. The third-order valence-corrected chi connectivity index (χ3v) is 5.39. The molecule has 2 aromatic heterocycles. The van der Waals surface area contributed by atoms with Gasteiger partial charge in [0.15, 0.2) is 11.4 Å². The van der Waals surface area contributed by atoms with Crippen LogP contribution in [0.2, 0.25) is 0 Å². The van der Waals surface area contributed by atoms with Gasteiger partial charge in [-0.2, -0.15) is 9.61 Å². The van der Waals surface area contributed by atoms with Crippen molar-refractivity contribution in [3.8, 4) is 5.75 Å². The number of nitrogens with zero attached hydrogens (tertiary/aromatic N) is 4. The summed E-state index contributed by atoms with van der Waals surface area (Å²) in [6, 6.07) is 11.6. The second kappa shape index (κ2) is 5.56. The zero-order chi connectivity index (χ0) is 17.7. The number of hydrogen-bond donors (Lipinski definition) is 0. The van der Waals surface area contributed by atoms with Gasteiger partial charge in [0.05, 0.1) is 24.7 Å². The SMILES string of the molecule is CCc1cc(N2CC[C@]3(CC(=O)c4ccccc4O3)C2)n2nccc2n1. The lowest BCUT2D eigenvalue weighted by molar-refractivity contribution is 0.0538. The number of benzene rings is 1. The van der Waals surface area contributed by atoms with Crippen molar-refractivity contribution in [3.05, 3.63) is 53.9 Å². The van der Waals surface area contributed by atoms with Crippen LogP contribution in [0, 0.1) is 0 Å². The van der Waals surface area contributed by atoms with E-state index >= 15 is 0 Å². The number of carbonyl (C=O) groups is 1. The zero-order valence-corrected chi connectivity index (χ0v) is 14.7. The van der Waals surface area contributed by atoms with E-state index in [1.165, 1.54) is 0 Å². The van der Waals surface area contributed by atoms with E-state index < -0.39 is 5.60 Å². The normalized spacial score (nSPS) is 22.0. The summed E-state index contributed by atoms with van der Waals surface area (Å²) in [4.78, 5) is 19.5. The van der Waals surface area contributed by atoms with E-state index in [0.29, 0.717) is 24.3 Å². The summed E-state index contributed by atoms with van der Waals surface area (Å²) in [6.45, 7) is 3.61. The molecule has 26 heavy (non-hydrogen) atoms. The number of hydrogen-bond acceptors (Lipinski definition) is 5. The van der Waals surface area contributed by atoms with Crippen molar-refractivity contribution < 1.29 is 9.53 Å². The van der Waals surface area contributed by atoms with E-state index in [1.54, 1.807) is 6.20 Å². The molecule has 0 N–H and O–H groups in total. The number of aromatic nitrogens is 3. The monoisotopic (exact) mass is 348 g/mol. The Balaban J connectivity index is 1.50. The molecule has 4 heterocycles. The van der Waals surface area contributed by atoms with Crippen molar-refractivity contribution in [1.29, 1.82) is 0 Å². The molecule has 6 nitrogen and oxygen atoms in total. The average molecular weight is 348 g/mol. The van der Waals surface area contributed by atoms with Gasteiger partial charge in [0.25, 0.3) is 0 Å². The van der Waals surface area contributed by atoms with Crippen LogP contribution in [0.15, 0.2) is 42.6 Å². The van der Waals surface area contributed by atoms with Gasteiger partial charge in [-0.1, -0.05) is 19.1 Å². The number of carbonyl (C=O) groups excluding carboxylic acids is 1. The molecule has 5 rings (SSSR count). The van der Waals surface area contributed by atoms with E-state index in [9.17, 15) is 4.79 Å². The first-order chi connectivity index (χ1) is 12.7. The quantitative estimate of drug-likeness (QED) is 0.713. The van der Waals surface area contributed by atoms with Crippen LogP contribution in [0.25, 0.3) is 5.65 Å². The van der Waals surface area contributed by atoms with Crippen molar-refractivity contribution in [2.45, 2.75) is 31.8 Å². The zero-order valence-electron chi connectivity index (χ0n) is 14.7. The molecule has 132 valence electrons. The smallest absolute Gasteiger partial charge is 0.170 e. The first kappa shape index (κ1) is 15.4. The Morgan fingerprint density at radius 3 is 3.04 bits per heavy atom. The van der Waals surface area contributed by atoms with Crippen LogP contribution in [0.4, 0.5) is 5.82 Å². The van der Waals surface area contributed by atoms with Crippen LogP contribution in [-0.4, -0.2) is 39.1 Å². The predicted octanol–water partition coefficient (Wildman–Crippen LogP) is 2.91. The van der Waals surface area contributed by atoms with Gasteiger partial charge in [-0.25, -0.2) is 4.98 Å². The summed E-state index contributed by atoms with van der Waals surface area (Å²) < 4.78 is 8.22. The fourth-order valence-corrected chi connectivity index (χ4v) is 4.06. The van der Waals surface area contributed by atoms with Gasteiger partial charge in [0.1, 0.15) is 17.2 Å². The largest absolute Gasteiger partial charge is 0.484 e. The predicted molar refractivity (Wildman–Crippen MR) is 97.9 cm³/mol. The van der Waals surface area contributed by atoms with Gasteiger partial charge in [-0.15, -0.1) is 0 Å². The van der Waals surface area contributed by atoms with Crippen LogP contribution < -0.4 is 9.64 Å². The summed E-state index contributed by atoms with van der Waals surface area (Å²) in [5, 5.41) is 4.43. The van der Waals surface area contributed by atoms with E-state index in [1.807, 2.05) is 34.8 Å². The summed E-state index contributed by atoms with van der Waals surface area (Å²) in [7, 11) is 0. The van der Waals surface area contributed by atoms with Crippen LogP contribution >= 0.6 is 0 Å². The van der Waals surface area contributed by atoms with Crippen molar-refractivity contribution in [1.82, 2.24) is 14.6 Å². The highest BCUT2D eigenvalue weighted by molar-refractivity contribution is 6.00. The minimum Gasteiger partial charge on any atom is -0.484 e. The molecule has 0 aliphatic carbocycles. The lowest BCUT2D eigenvalue weighted by Crippen LogP contribution is -2.44. The Labute approximate surface area is 151 Å². The first-order valence-corrected chi connectivity index (χ1v) is 9.07. The standard InChI is InChI=1S/C20H20N4O2/c1-2-14-11-19(24-18(22-14)7-9-21-24)23-10-8-20(13-23)12-16(25)15-5-3-4-6-17(15)26-20/h3-7,9,11H,2,8,10,12-13H2,1H3/t20-/m0/s1. The summed E-state index contributed by atoms with van der Waals surface area (Å²) >= 11 is 0. The highest BCUT2D eigenvalue weighted by Crippen LogP contribution is 2.39. The number of aryl methyl sites for hydroxylation is 1. The molecule has 1 atom stereocenters. The molecule has 3 aromatic rings. The topological polar surface area (TPSA) is 59.7 Å². The summed E-state index contributed by atoms with van der Waals surface area (Å²) in [5.74, 6) is 1.89. The maximum atomic E-state index is 12.6. The first-order valence-electron chi connectivity index (χ1n) is 9.07. The van der Waals surface area contributed by atoms with Crippen molar-refractivity contribution in [2.24, 2.45) is 0 Å². The second-order valence-corrected chi connectivity index (χ2v) is 7.11. The number of rotatable bonds is 2. The molecular formula is C20H20N4O2. The summed E-state index contributed by atoms with van der Waals surface area (Å²) in [6.07, 6.45) is 3.89. The lowest BCUT2D eigenvalue weighted by Gasteiger charge is -2.34. The number of ketones is 1. The van der Waals surface area contributed by atoms with Crippen LogP contribution in [-0.2, 0) is 6.42 Å². The number of anilines is 1. The van der Waals surface area contributed by atoms with Gasteiger partial charge >= 0.3 is 0 Å². The third-order valence-electron chi connectivity index (χ3n) is 5.39. The molecule has 1 aromatic carbocycles. The number of ether oxygens (including phenoxy) is 1. The highest BCUT2D eigenvalue weighted by atomic mass is 16.5. The second-order valence-electron chi connectivity index (χ2n) is 7.11. The van der Waals surface area contributed by atoms with Crippen molar-refractivity contribution in [3.63, 3.8) is 0 Å². The Morgan fingerprint density at radius 1 is 1.27 bits per heavy atom. The van der Waals surface area contributed by atoms with Crippen molar-refractivity contribution in [2.75, 3.05) is 18.0 Å². The Bertz CT molecular complexity index is 1010. The molecule has 0 bridgehead atoms. The van der Waals surface area contributed by atoms with Crippen LogP contribution in [0.5, 0.6) is 5.75 Å². The molecular weight excluding hydrogens is 328 g/mol. The molecule has 1 saturated heterocycles. The fourth-order valence-electron chi connectivity index (χ4n) is 4.06. The molecule has 0 saturated carbocycles. The average Bonchev–Trinajstić information content (AvgIpc) is 3.28. The summed E-state index contributed by atoms with van der Waals surface area (Å²) in [5.41, 5.74) is 2.13. The van der Waals surface area contributed by atoms with Crippen molar-refractivity contribution >= 4 is 17.2 Å². The molecule has 0 unspecified atom stereocenters. The fraction of sp³-hybridized carbons (Fsp3) is 0.350. The van der Waals surface area contributed by atoms with Gasteiger partial charge in [-0.3, -0.25) is 4.79 Å².